The Bertz CT molecular complexity index is 1480. The Kier molecular flexibility index (Phi) is 7.91. The first-order valence-electron chi connectivity index (χ1n) is 11.9. The molecule has 0 aliphatic carbocycles. The van der Waals surface area contributed by atoms with Crippen LogP contribution >= 0.6 is 0 Å². The molecule has 40 heavy (non-hydrogen) atoms. The van der Waals surface area contributed by atoms with Crippen LogP contribution in [0.4, 0.5) is 19.0 Å². The number of amides is 2. The number of nitrogen functional groups attached to an aromatic ring is 1. The van der Waals surface area contributed by atoms with Crippen LogP contribution < -0.4 is 11.1 Å². The summed E-state index contributed by atoms with van der Waals surface area (Å²) in [4.78, 5) is 42.1. The number of rotatable bonds is 5. The Hall–Kier alpha value is -4.33. The molecule has 1 aliphatic rings. The van der Waals surface area contributed by atoms with Gasteiger partial charge in [-0.05, 0) is 31.9 Å². The number of aromatic nitrogens is 5. The van der Waals surface area contributed by atoms with Gasteiger partial charge >= 0.3 is 6.18 Å². The SMILES string of the molecule is CNC(=O)C1OC(n2cnc3c(N)nc(C#CCN(C(=O)c4ccc(C(F)(F)F)nc4)C(C)C)nc32)[C@H](O)[C@@H]1O. The summed E-state index contributed by atoms with van der Waals surface area (Å²) in [5, 5.41) is 23.1. The number of hydrogen-bond donors (Lipinski definition) is 4. The maximum atomic E-state index is 12.9. The van der Waals surface area contributed by atoms with Crippen molar-refractivity contribution >= 4 is 28.8 Å². The fraction of sp³-hybridized carbons (Fsp3) is 0.417. The third kappa shape index (κ3) is 5.52. The van der Waals surface area contributed by atoms with Crippen LogP contribution in [-0.2, 0) is 15.7 Å². The van der Waals surface area contributed by atoms with Crippen molar-refractivity contribution in [2.45, 2.75) is 50.6 Å². The number of alkyl halides is 3. The quantitative estimate of drug-likeness (QED) is 0.311. The average Bonchev–Trinajstić information content (AvgIpc) is 3.46. The number of pyridine rings is 1. The van der Waals surface area contributed by atoms with Gasteiger partial charge in [0, 0.05) is 19.3 Å². The smallest absolute Gasteiger partial charge is 0.387 e. The monoisotopic (exact) mass is 562 g/mol. The molecule has 4 heterocycles. The van der Waals surface area contributed by atoms with Gasteiger partial charge in [0.15, 0.2) is 23.8 Å². The highest BCUT2D eigenvalue weighted by Crippen LogP contribution is 2.32. The van der Waals surface area contributed by atoms with Crippen molar-refractivity contribution in [2.75, 3.05) is 19.3 Å². The largest absolute Gasteiger partial charge is 0.433 e. The topological polar surface area (TPSA) is 182 Å². The molecule has 13 nitrogen and oxygen atoms in total. The molecule has 2 amide bonds. The number of carbonyl (C=O) groups is 2. The molecule has 0 radical (unpaired) electrons. The van der Waals surface area contributed by atoms with Crippen molar-refractivity contribution in [1.82, 2.24) is 34.7 Å². The number of fused-ring (bicyclic) bond motifs is 1. The summed E-state index contributed by atoms with van der Waals surface area (Å²) in [6.07, 6.45) is -8.06. The lowest BCUT2D eigenvalue weighted by Gasteiger charge is -2.24. The van der Waals surface area contributed by atoms with Crippen molar-refractivity contribution in [1.29, 1.82) is 0 Å². The van der Waals surface area contributed by atoms with Crippen molar-refractivity contribution in [2.24, 2.45) is 0 Å². The Morgan fingerprint density at radius 3 is 2.55 bits per heavy atom. The second kappa shape index (κ2) is 11.0. The fourth-order valence-electron chi connectivity index (χ4n) is 3.98. The van der Waals surface area contributed by atoms with Crippen molar-refractivity contribution < 1.29 is 37.7 Å². The molecule has 1 saturated heterocycles. The number of hydrogen-bond acceptors (Lipinski definition) is 10. The molecule has 0 bridgehead atoms. The summed E-state index contributed by atoms with van der Waals surface area (Å²) in [6, 6.07) is 1.41. The molecule has 0 aromatic carbocycles. The van der Waals surface area contributed by atoms with Crippen LogP contribution in [0.2, 0.25) is 0 Å². The number of ether oxygens (including phenoxy) is 1. The highest BCUT2D eigenvalue weighted by atomic mass is 19.4. The predicted octanol–water partition coefficient (Wildman–Crippen LogP) is 0.0898. The molecular weight excluding hydrogens is 537 g/mol. The molecule has 4 rings (SSSR count). The van der Waals surface area contributed by atoms with Gasteiger partial charge in [0.2, 0.25) is 5.82 Å². The Balaban J connectivity index is 1.57. The minimum absolute atomic E-state index is 0.0401. The zero-order valence-electron chi connectivity index (χ0n) is 21.4. The molecule has 4 atom stereocenters. The zero-order chi connectivity index (χ0) is 29.4. The number of anilines is 1. The van der Waals surface area contributed by atoms with Crippen LogP contribution in [0.5, 0.6) is 0 Å². The highest BCUT2D eigenvalue weighted by Gasteiger charge is 2.47. The van der Waals surface area contributed by atoms with Gasteiger partial charge in [-0.3, -0.25) is 19.1 Å². The lowest BCUT2D eigenvalue weighted by atomic mass is 10.1. The van der Waals surface area contributed by atoms with E-state index in [1.807, 2.05) is 0 Å². The Morgan fingerprint density at radius 2 is 1.95 bits per heavy atom. The third-order valence-corrected chi connectivity index (χ3v) is 6.10. The fourth-order valence-corrected chi connectivity index (χ4v) is 3.98. The zero-order valence-corrected chi connectivity index (χ0v) is 21.4. The van der Waals surface area contributed by atoms with Crippen LogP contribution in [0.3, 0.4) is 0 Å². The second-order valence-corrected chi connectivity index (χ2v) is 9.06. The van der Waals surface area contributed by atoms with Crippen molar-refractivity contribution in [3.05, 3.63) is 41.7 Å². The number of carbonyl (C=O) groups excluding carboxylic acids is 2. The van der Waals surface area contributed by atoms with Crippen molar-refractivity contribution in [3.8, 4) is 11.8 Å². The van der Waals surface area contributed by atoms with Gasteiger partial charge in [-0.15, -0.1) is 0 Å². The van der Waals surface area contributed by atoms with E-state index in [9.17, 15) is 33.0 Å². The number of halogens is 3. The van der Waals surface area contributed by atoms with E-state index in [-0.39, 0.29) is 41.0 Å². The second-order valence-electron chi connectivity index (χ2n) is 9.06. The van der Waals surface area contributed by atoms with Gasteiger partial charge in [-0.1, -0.05) is 5.92 Å². The molecule has 5 N–H and O–H groups in total. The van der Waals surface area contributed by atoms with Crippen LogP contribution in [0.15, 0.2) is 24.7 Å². The molecule has 212 valence electrons. The van der Waals surface area contributed by atoms with Crippen LogP contribution in [0.25, 0.3) is 11.2 Å². The van der Waals surface area contributed by atoms with E-state index in [4.69, 9.17) is 10.5 Å². The van der Waals surface area contributed by atoms with Gasteiger partial charge in [0.25, 0.3) is 11.8 Å². The summed E-state index contributed by atoms with van der Waals surface area (Å²) < 4.78 is 45.3. The molecule has 1 fully saturated rings. The Morgan fingerprint density at radius 1 is 1.23 bits per heavy atom. The van der Waals surface area contributed by atoms with Crippen LogP contribution in [0, 0.1) is 11.8 Å². The van der Waals surface area contributed by atoms with Gasteiger partial charge < -0.3 is 30.9 Å². The summed E-state index contributed by atoms with van der Waals surface area (Å²) in [5.41, 5.74) is 5.13. The number of likely N-dealkylation sites (N-methyl/N-ethyl adjacent to an activating group) is 1. The molecule has 3 aromatic heterocycles. The first kappa shape index (κ1) is 28.7. The first-order chi connectivity index (χ1) is 18.8. The van der Waals surface area contributed by atoms with E-state index in [0.29, 0.717) is 0 Å². The molecule has 3 aromatic rings. The third-order valence-electron chi connectivity index (χ3n) is 6.10. The minimum atomic E-state index is -4.63. The Labute approximate surface area is 225 Å². The standard InChI is InChI=1S/C24H25F3N8O5/c1-11(2)34(22(39)12-6-7-13(30-9-12)24(25,26)27)8-4-5-14-32-19(28)15-20(33-14)35(10-31-15)23-17(37)16(36)18(40-23)21(38)29-3/h6-7,9-11,16-18,23,36-37H,8H2,1-3H3,(H,29,38)(H2,28,32,33)/t16-,17+,18?,23?/m0/s1. The van der Waals surface area contributed by atoms with E-state index in [1.165, 1.54) is 22.8 Å². The van der Waals surface area contributed by atoms with Gasteiger partial charge in [0.05, 0.1) is 18.4 Å². The highest BCUT2D eigenvalue weighted by molar-refractivity contribution is 5.94. The van der Waals surface area contributed by atoms with E-state index < -0.39 is 48.2 Å². The number of imidazole rings is 1. The number of nitrogens with zero attached hydrogens (tertiary/aromatic N) is 6. The molecule has 0 spiro atoms. The number of nitrogens with one attached hydrogen (secondary N) is 1. The summed E-state index contributed by atoms with van der Waals surface area (Å²) in [5.74, 6) is 4.15. The summed E-state index contributed by atoms with van der Waals surface area (Å²) in [6.45, 7) is 3.30. The van der Waals surface area contributed by atoms with E-state index >= 15 is 0 Å². The summed E-state index contributed by atoms with van der Waals surface area (Å²) in [7, 11) is 1.36. The van der Waals surface area contributed by atoms with E-state index in [0.717, 1.165) is 18.3 Å². The molecular formula is C24H25F3N8O5. The van der Waals surface area contributed by atoms with Crippen LogP contribution in [-0.4, -0.2) is 89.4 Å². The van der Waals surface area contributed by atoms with E-state index in [2.05, 4.69) is 37.1 Å². The number of aliphatic hydroxyl groups is 2. The molecule has 0 saturated carbocycles. The summed E-state index contributed by atoms with van der Waals surface area (Å²) >= 11 is 0. The lowest BCUT2D eigenvalue weighted by molar-refractivity contribution is -0.141. The normalized spacial score (nSPS) is 20.8. The number of aliphatic hydroxyl groups excluding tert-OH is 2. The maximum absolute atomic E-state index is 12.9. The predicted molar refractivity (Wildman–Crippen MR) is 132 cm³/mol. The van der Waals surface area contributed by atoms with Gasteiger partial charge in [0.1, 0.15) is 23.4 Å². The van der Waals surface area contributed by atoms with Gasteiger partial charge in [-0.25, -0.2) is 15.0 Å². The first-order valence-corrected chi connectivity index (χ1v) is 11.9. The molecule has 2 unspecified atom stereocenters. The lowest BCUT2D eigenvalue weighted by Crippen LogP contribution is -2.41. The number of nitrogens with two attached hydrogens (primary N) is 1. The van der Waals surface area contributed by atoms with E-state index in [1.54, 1.807) is 13.8 Å². The minimum Gasteiger partial charge on any atom is -0.387 e. The molecule has 16 heteroatoms. The maximum Gasteiger partial charge on any atom is 0.433 e. The molecule has 1 aliphatic heterocycles. The average molecular weight is 563 g/mol. The van der Waals surface area contributed by atoms with Crippen molar-refractivity contribution in [3.63, 3.8) is 0 Å². The van der Waals surface area contributed by atoms with Crippen LogP contribution in [0.1, 0.15) is 42.0 Å². The van der Waals surface area contributed by atoms with Gasteiger partial charge in [-0.2, -0.15) is 13.2 Å².